The van der Waals surface area contributed by atoms with E-state index in [9.17, 15) is 0 Å². The first-order valence-electron chi connectivity index (χ1n) is 5.77. The van der Waals surface area contributed by atoms with E-state index in [0.717, 1.165) is 23.4 Å². The lowest BCUT2D eigenvalue weighted by molar-refractivity contribution is 0.323. The molecule has 0 bridgehead atoms. The summed E-state index contributed by atoms with van der Waals surface area (Å²) in [5.41, 5.74) is 1.25. The summed E-state index contributed by atoms with van der Waals surface area (Å²) in [6.45, 7) is 7.02. The largest absolute Gasteiger partial charge is 0.494 e. The lowest BCUT2D eigenvalue weighted by atomic mass is 10.1. The van der Waals surface area contributed by atoms with Crippen LogP contribution in [0.15, 0.2) is 22.6 Å². The van der Waals surface area contributed by atoms with Crippen LogP contribution in [-0.2, 0) is 5.54 Å². The molecule has 0 aliphatic rings. The molecular weight excluding hydrogens is 216 g/mol. The number of methoxy groups -OCH3 is 1. The van der Waals surface area contributed by atoms with E-state index in [2.05, 4.69) is 17.2 Å². The van der Waals surface area contributed by atoms with Crippen molar-refractivity contribution in [3.05, 3.63) is 24.1 Å². The second-order valence-electron chi connectivity index (χ2n) is 4.48. The Balaban J connectivity index is 2.51. The standard InChI is InChI=1S/C13H18N2O2/c1-5-14-13(2,3)12-15-11-9(16-4)7-6-8-10(11)17-12/h6-8,14H,5H2,1-4H3. The van der Waals surface area contributed by atoms with Crippen LogP contribution in [0.3, 0.4) is 0 Å². The molecule has 0 saturated heterocycles. The predicted octanol–water partition coefficient (Wildman–Crippen LogP) is 2.68. The van der Waals surface area contributed by atoms with Crippen LogP contribution in [0.4, 0.5) is 0 Å². The fourth-order valence-electron chi connectivity index (χ4n) is 1.87. The highest BCUT2D eigenvalue weighted by molar-refractivity contribution is 5.79. The molecule has 92 valence electrons. The molecule has 0 aliphatic carbocycles. The summed E-state index contributed by atoms with van der Waals surface area (Å²) in [4.78, 5) is 4.52. The Morgan fingerprint density at radius 3 is 2.82 bits per heavy atom. The Morgan fingerprint density at radius 2 is 2.18 bits per heavy atom. The maximum Gasteiger partial charge on any atom is 0.215 e. The molecule has 1 heterocycles. The highest BCUT2D eigenvalue weighted by atomic mass is 16.5. The van der Waals surface area contributed by atoms with E-state index in [1.54, 1.807) is 7.11 Å². The van der Waals surface area contributed by atoms with Crippen molar-refractivity contribution in [2.75, 3.05) is 13.7 Å². The van der Waals surface area contributed by atoms with Gasteiger partial charge in [-0.1, -0.05) is 13.0 Å². The first kappa shape index (κ1) is 11.9. The molecule has 0 fully saturated rings. The van der Waals surface area contributed by atoms with E-state index in [1.807, 2.05) is 32.0 Å². The highest BCUT2D eigenvalue weighted by Crippen LogP contribution is 2.29. The van der Waals surface area contributed by atoms with Gasteiger partial charge in [0.15, 0.2) is 11.1 Å². The zero-order chi connectivity index (χ0) is 12.5. The number of fused-ring (bicyclic) bond motifs is 1. The summed E-state index contributed by atoms with van der Waals surface area (Å²) in [5, 5.41) is 3.34. The van der Waals surface area contributed by atoms with Crippen molar-refractivity contribution in [3.63, 3.8) is 0 Å². The van der Waals surface area contributed by atoms with Crippen molar-refractivity contribution in [1.29, 1.82) is 0 Å². The van der Waals surface area contributed by atoms with E-state index in [0.29, 0.717) is 5.89 Å². The second kappa shape index (κ2) is 4.37. The van der Waals surface area contributed by atoms with Gasteiger partial charge in [0.25, 0.3) is 0 Å². The zero-order valence-corrected chi connectivity index (χ0v) is 10.7. The molecular formula is C13H18N2O2. The van der Waals surface area contributed by atoms with E-state index < -0.39 is 0 Å². The molecule has 2 aromatic rings. The normalized spacial score (nSPS) is 12.0. The van der Waals surface area contributed by atoms with Crippen molar-refractivity contribution in [3.8, 4) is 5.75 Å². The van der Waals surface area contributed by atoms with E-state index in [-0.39, 0.29) is 5.54 Å². The number of hydrogen-bond acceptors (Lipinski definition) is 4. The number of hydrogen-bond donors (Lipinski definition) is 1. The predicted molar refractivity (Wildman–Crippen MR) is 67.3 cm³/mol. The Hall–Kier alpha value is -1.55. The van der Waals surface area contributed by atoms with Gasteiger partial charge in [-0.25, -0.2) is 4.98 Å². The zero-order valence-electron chi connectivity index (χ0n) is 10.7. The van der Waals surface area contributed by atoms with Crippen LogP contribution in [0.1, 0.15) is 26.7 Å². The number of ether oxygens (including phenoxy) is 1. The van der Waals surface area contributed by atoms with Gasteiger partial charge in [-0.2, -0.15) is 0 Å². The van der Waals surface area contributed by atoms with Crippen LogP contribution in [-0.4, -0.2) is 18.6 Å². The minimum absolute atomic E-state index is 0.279. The molecule has 2 rings (SSSR count). The number of nitrogens with zero attached hydrogens (tertiary/aromatic N) is 1. The molecule has 4 nitrogen and oxygen atoms in total. The van der Waals surface area contributed by atoms with Crippen LogP contribution in [0.5, 0.6) is 5.75 Å². The Labute approximate surface area is 101 Å². The summed E-state index contributed by atoms with van der Waals surface area (Å²) in [6.07, 6.45) is 0. The molecule has 4 heteroatoms. The molecule has 0 aliphatic heterocycles. The molecule has 0 radical (unpaired) electrons. The summed E-state index contributed by atoms with van der Waals surface area (Å²) in [7, 11) is 1.64. The molecule has 0 saturated carbocycles. The van der Waals surface area contributed by atoms with Crippen LogP contribution in [0, 0.1) is 0 Å². The van der Waals surface area contributed by atoms with Gasteiger partial charge in [-0.05, 0) is 32.5 Å². The van der Waals surface area contributed by atoms with Gasteiger partial charge >= 0.3 is 0 Å². The minimum atomic E-state index is -0.279. The van der Waals surface area contributed by atoms with Crippen LogP contribution in [0.25, 0.3) is 11.1 Å². The smallest absolute Gasteiger partial charge is 0.215 e. The lowest BCUT2D eigenvalue weighted by Gasteiger charge is -2.21. The maximum atomic E-state index is 5.77. The number of benzene rings is 1. The van der Waals surface area contributed by atoms with Gasteiger partial charge in [0.1, 0.15) is 5.75 Å². The monoisotopic (exact) mass is 234 g/mol. The van der Waals surface area contributed by atoms with Gasteiger partial charge in [0.05, 0.1) is 12.6 Å². The van der Waals surface area contributed by atoms with E-state index >= 15 is 0 Å². The summed E-state index contributed by atoms with van der Waals surface area (Å²) >= 11 is 0. The third-order valence-corrected chi connectivity index (χ3v) is 2.76. The van der Waals surface area contributed by atoms with Crippen LogP contribution < -0.4 is 10.1 Å². The number of rotatable bonds is 4. The summed E-state index contributed by atoms with van der Waals surface area (Å²) < 4.78 is 11.0. The first-order chi connectivity index (χ1) is 8.08. The van der Waals surface area contributed by atoms with Gasteiger partial charge in [-0.3, -0.25) is 0 Å². The quantitative estimate of drug-likeness (QED) is 0.883. The average Bonchev–Trinajstić information content (AvgIpc) is 2.73. The Morgan fingerprint density at radius 1 is 1.41 bits per heavy atom. The van der Waals surface area contributed by atoms with E-state index in [1.165, 1.54) is 0 Å². The number of para-hydroxylation sites is 1. The molecule has 1 aromatic carbocycles. The second-order valence-corrected chi connectivity index (χ2v) is 4.48. The number of aromatic nitrogens is 1. The van der Waals surface area contributed by atoms with Crippen LogP contribution >= 0.6 is 0 Å². The Bertz CT molecular complexity index is 517. The molecule has 17 heavy (non-hydrogen) atoms. The summed E-state index contributed by atoms with van der Waals surface area (Å²) in [5.74, 6) is 1.42. The number of oxazole rings is 1. The van der Waals surface area contributed by atoms with Crippen molar-refractivity contribution < 1.29 is 9.15 Å². The highest BCUT2D eigenvalue weighted by Gasteiger charge is 2.26. The Kier molecular flexibility index (Phi) is 3.07. The van der Waals surface area contributed by atoms with Crippen molar-refractivity contribution in [2.24, 2.45) is 0 Å². The van der Waals surface area contributed by atoms with E-state index in [4.69, 9.17) is 9.15 Å². The third kappa shape index (κ3) is 2.13. The average molecular weight is 234 g/mol. The molecule has 1 N–H and O–H groups in total. The summed E-state index contributed by atoms with van der Waals surface area (Å²) in [6, 6.07) is 5.68. The molecule has 1 aromatic heterocycles. The maximum absolute atomic E-state index is 5.77. The molecule has 0 atom stereocenters. The first-order valence-corrected chi connectivity index (χ1v) is 5.77. The van der Waals surface area contributed by atoms with Crippen LogP contribution in [0.2, 0.25) is 0 Å². The fourth-order valence-corrected chi connectivity index (χ4v) is 1.87. The molecule has 0 unspecified atom stereocenters. The molecule has 0 spiro atoms. The lowest BCUT2D eigenvalue weighted by Crippen LogP contribution is -2.36. The fraction of sp³-hybridized carbons (Fsp3) is 0.462. The van der Waals surface area contributed by atoms with Crippen molar-refractivity contribution in [2.45, 2.75) is 26.3 Å². The van der Waals surface area contributed by atoms with Gasteiger partial charge in [0, 0.05) is 0 Å². The minimum Gasteiger partial charge on any atom is -0.494 e. The third-order valence-electron chi connectivity index (χ3n) is 2.76. The van der Waals surface area contributed by atoms with Crippen molar-refractivity contribution in [1.82, 2.24) is 10.3 Å². The van der Waals surface area contributed by atoms with Crippen molar-refractivity contribution >= 4 is 11.1 Å². The SMILES string of the molecule is CCNC(C)(C)c1nc2c(OC)cccc2o1. The molecule has 0 amide bonds. The van der Waals surface area contributed by atoms with Gasteiger partial charge in [-0.15, -0.1) is 0 Å². The van der Waals surface area contributed by atoms with Gasteiger partial charge in [0.2, 0.25) is 5.89 Å². The topological polar surface area (TPSA) is 47.3 Å². The number of nitrogens with one attached hydrogen (secondary N) is 1. The van der Waals surface area contributed by atoms with Gasteiger partial charge < -0.3 is 14.5 Å².